The van der Waals surface area contributed by atoms with Gasteiger partial charge in [-0.05, 0) is 31.7 Å². The van der Waals surface area contributed by atoms with Crippen molar-refractivity contribution in [1.82, 2.24) is 10.2 Å². The van der Waals surface area contributed by atoms with Gasteiger partial charge in [0.25, 0.3) is 5.91 Å². The lowest BCUT2D eigenvalue weighted by Crippen LogP contribution is -2.66. The standard InChI is InChI=1S/C25H23F3N2O3/c1-16-20(21(31)18-10-6-3-7-11-18)24(25(26,27)28,29-22(32)19-12-13-19)23(33)30(16)15-14-17-8-4-2-5-9-17/h2-11,19H,12-15H2,1H3,(H,29,32). The first kappa shape index (κ1) is 22.8. The highest BCUT2D eigenvalue weighted by Crippen LogP contribution is 2.46. The Morgan fingerprint density at radius 2 is 1.61 bits per heavy atom. The summed E-state index contributed by atoms with van der Waals surface area (Å²) < 4.78 is 44.1. The van der Waals surface area contributed by atoms with Gasteiger partial charge < -0.3 is 10.2 Å². The second kappa shape index (κ2) is 8.50. The molecule has 33 heavy (non-hydrogen) atoms. The molecular formula is C25H23F3N2O3. The highest BCUT2D eigenvalue weighted by molar-refractivity contribution is 6.19. The van der Waals surface area contributed by atoms with Gasteiger partial charge in [0.05, 0.1) is 5.57 Å². The number of rotatable bonds is 7. The van der Waals surface area contributed by atoms with Gasteiger partial charge in [-0.25, -0.2) is 0 Å². The lowest BCUT2D eigenvalue weighted by molar-refractivity contribution is -0.193. The molecule has 0 bridgehead atoms. The molecule has 1 unspecified atom stereocenters. The third kappa shape index (κ3) is 4.05. The van der Waals surface area contributed by atoms with E-state index in [4.69, 9.17) is 0 Å². The minimum absolute atomic E-state index is 0.0128. The SMILES string of the molecule is CC1=C(C(=O)c2ccccc2)C(NC(=O)C2CC2)(C(F)(F)F)C(=O)N1CCc1ccccc1. The fourth-order valence-corrected chi connectivity index (χ4v) is 4.17. The zero-order chi connectivity index (χ0) is 23.8. The summed E-state index contributed by atoms with van der Waals surface area (Å²) in [6.07, 6.45) is -4.01. The maximum Gasteiger partial charge on any atom is 0.425 e. The molecule has 0 spiro atoms. The molecule has 1 fully saturated rings. The number of alkyl halides is 3. The number of nitrogens with zero attached hydrogens (tertiary/aromatic N) is 1. The molecule has 1 saturated carbocycles. The van der Waals surface area contributed by atoms with Crippen molar-refractivity contribution in [2.24, 2.45) is 5.92 Å². The van der Waals surface area contributed by atoms with Crippen molar-refractivity contribution in [3.63, 3.8) is 0 Å². The molecule has 1 N–H and O–H groups in total. The van der Waals surface area contributed by atoms with Crippen LogP contribution < -0.4 is 5.32 Å². The van der Waals surface area contributed by atoms with Crippen molar-refractivity contribution in [3.05, 3.63) is 83.1 Å². The molecule has 2 aromatic rings. The predicted molar refractivity (Wildman–Crippen MR) is 115 cm³/mol. The lowest BCUT2D eigenvalue weighted by Gasteiger charge is -2.33. The van der Waals surface area contributed by atoms with Gasteiger partial charge in [0, 0.05) is 23.7 Å². The summed E-state index contributed by atoms with van der Waals surface area (Å²) >= 11 is 0. The Hall–Kier alpha value is -3.42. The molecule has 2 amide bonds. The number of amides is 2. The van der Waals surface area contributed by atoms with Gasteiger partial charge >= 0.3 is 6.18 Å². The Morgan fingerprint density at radius 1 is 1.03 bits per heavy atom. The van der Waals surface area contributed by atoms with Gasteiger partial charge in [-0.3, -0.25) is 14.4 Å². The highest BCUT2D eigenvalue weighted by atomic mass is 19.4. The molecule has 8 heteroatoms. The van der Waals surface area contributed by atoms with Crippen LogP contribution >= 0.6 is 0 Å². The Bertz CT molecular complexity index is 1110. The molecule has 2 aliphatic rings. The molecule has 4 rings (SSSR count). The minimum atomic E-state index is -5.21. The van der Waals surface area contributed by atoms with Crippen LogP contribution in [0.1, 0.15) is 35.7 Å². The molecular weight excluding hydrogens is 433 g/mol. The molecule has 2 aromatic carbocycles. The quantitative estimate of drug-likeness (QED) is 0.640. The number of hydrogen-bond acceptors (Lipinski definition) is 3. The van der Waals surface area contributed by atoms with Crippen LogP contribution in [0.4, 0.5) is 13.2 Å². The van der Waals surface area contributed by atoms with Gasteiger partial charge in [-0.15, -0.1) is 0 Å². The zero-order valence-corrected chi connectivity index (χ0v) is 18.0. The zero-order valence-electron chi connectivity index (χ0n) is 18.0. The van der Waals surface area contributed by atoms with Crippen LogP contribution in [0.3, 0.4) is 0 Å². The van der Waals surface area contributed by atoms with E-state index in [1.54, 1.807) is 18.2 Å². The van der Waals surface area contributed by atoms with Gasteiger partial charge in [0.1, 0.15) is 0 Å². The number of halogens is 3. The molecule has 1 aliphatic heterocycles. The Kier molecular flexibility index (Phi) is 5.86. The van der Waals surface area contributed by atoms with Crippen LogP contribution in [0, 0.1) is 5.92 Å². The largest absolute Gasteiger partial charge is 0.425 e. The second-order valence-electron chi connectivity index (χ2n) is 8.36. The van der Waals surface area contributed by atoms with E-state index < -0.39 is 40.8 Å². The molecule has 172 valence electrons. The number of carbonyl (C=O) groups is 3. The molecule has 1 heterocycles. The Labute approximate surface area is 189 Å². The number of benzene rings is 2. The van der Waals surface area contributed by atoms with Gasteiger partial charge in [-0.2, -0.15) is 13.2 Å². The Balaban J connectivity index is 1.80. The van der Waals surface area contributed by atoms with Crippen LogP contribution in [0.25, 0.3) is 0 Å². The number of Topliss-reactive ketones (excluding diaryl/α,β-unsaturated/α-hetero) is 1. The van der Waals surface area contributed by atoms with Crippen LogP contribution in [0.2, 0.25) is 0 Å². The molecule has 1 aliphatic carbocycles. The summed E-state index contributed by atoms with van der Waals surface area (Å²) in [5, 5.41) is 1.97. The van der Waals surface area contributed by atoms with Crippen LogP contribution in [-0.4, -0.2) is 40.8 Å². The first-order chi connectivity index (χ1) is 15.7. The topological polar surface area (TPSA) is 66.5 Å². The first-order valence-electron chi connectivity index (χ1n) is 10.7. The van der Waals surface area contributed by atoms with Crippen molar-refractivity contribution in [2.75, 3.05) is 6.54 Å². The third-order valence-electron chi connectivity index (χ3n) is 6.12. The molecule has 5 nitrogen and oxygen atoms in total. The maximum atomic E-state index is 14.7. The van der Waals surface area contributed by atoms with E-state index >= 15 is 0 Å². The number of hydrogen-bond donors (Lipinski definition) is 1. The van der Waals surface area contributed by atoms with E-state index in [1.807, 2.05) is 23.5 Å². The fourth-order valence-electron chi connectivity index (χ4n) is 4.17. The average Bonchev–Trinajstić information content (AvgIpc) is 3.61. The van der Waals surface area contributed by atoms with Crippen molar-refractivity contribution in [1.29, 1.82) is 0 Å². The third-order valence-corrected chi connectivity index (χ3v) is 6.12. The summed E-state index contributed by atoms with van der Waals surface area (Å²) in [5.41, 5.74) is -3.41. The summed E-state index contributed by atoms with van der Waals surface area (Å²) in [6.45, 7) is 1.27. The molecule has 1 atom stereocenters. The summed E-state index contributed by atoms with van der Waals surface area (Å²) in [6, 6.07) is 16.5. The number of ketones is 1. The summed E-state index contributed by atoms with van der Waals surface area (Å²) in [5.74, 6) is -3.73. The number of allylic oxidation sites excluding steroid dienone is 1. The number of nitrogens with one attached hydrogen (secondary N) is 1. The highest BCUT2D eigenvalue weighted by Gasteiger charge is 2.70. The lowest BCUT2D eigenvalue weighted by atomic mass is 9.84. The number of carbonyl (C=O) groups excluding carboxylic acids is 3. The second-order valence-corrected chi connectivity index (χ2v) is 8.36. The van der Waals surface area contributed by atoms with E-state index in [0.29, 0.717) is 19.3 Å². The van der Waals surface area contributed by atoms with Crippen LogP contribution in [0.5, 0.6) is 0 Å². The minimum Gasteiger partial charge on any atom is -0.330 e. The van der Waals surface area contributed by atoms with Gasteiger partial charge in [0.15, 0.2) is 5.78 Å². The smallest absolute Gasteiger partial charge is 0.330 e. The first-order valence-corrected chi connectivity index (χ1v) is 10.7. The van der Waals surface area contributed by atoms with Gasteiger partial charge in [0.2, 0.25) is 11.4 Å². The fraction of sp³-hybridized carbons (Fsp3) is 0.320. The summed E-state index contributed by atoms with van der Waals surface area (Å²) in [7, 11) is 0. The molecule has 0 aromatic heterocycles. The van der Waals surface area contributed by atoms with Crippen molar-refractivity contribution >= 4 is 17.6 Å². The normalized spacial score (nSPS) is 20.8. The van der Waals surface area contributed by atoms with Crippen LogP contribution in [0.15, 0.2) is 71.9 Å². The van der Waals surface area contributed by atoms with Crippen molar-refractivity contribution in [3.8, 4) is 0 Å². The van der Waals surface area contributed by atoms with Crippen molar-refractivity contribution < 1.29 is 27.6 Å². The predicted octanol–water partition coefficient (Wildman–Crippen LogP) is 4.06. The molecule has 0 radical (unpaired) electrons. The van der Waals surface area contributed by atoms with E-state index in [0.717, 1.165) is 10.5 Å². The monoisotopic (exact) mass is 456 g/mol. The van der Waals surface area contributed by atoms with E-state index in [9.17, 15) is 27.6 Å². The Morgan fingerprint density at radius 3 is 2.15 bits per heavy atom. The van der Waals surface area contributed by atoms with Gasteiger partial charge in [-0.1, -0.05) is 60.7 Å². The van der Waals surface area contributed by atoms with E-state index in [2.05, 4.69) is 0 Å². The molecule has 0 saturated heterocycles. The van der Waals surface area contributed by atoms with E-state index in [1.165, 1.54) is 31.2 Å². The average molecular weight is 456 g/mol. The van der Waals surface area contributed by atoms with Crippen LogP contribution in [-0.2, 0) is 16.0 Å². The maximum absolute atomic E-state index is 14.7. The van der Waals surface area contributed by atoms with E-state index in [-0.39, 0.29) is 17.8 Å². The summed E-state index contributed by atoms with van der Waals surface area (Å²) in [4.78, 5) is 40.3. The van der Waals surface area contributed by atoms with Crippen molar-refractivity contribution in [2.45, 2.75) is 37.9 Å².